The van der Waals surface area contributed by atoms with Gasteiger partial charge in [0.1, 0.15) is 5.76 Å². The Morgan fingerprint density at radius 2 is 1.96 bits per heavy atom. The van der Waals surface area contributed by atoms with Crippen LogP contribution in [0.1, 0.15) is 18.2 Å². The van der Waals surface area contributed by atoms with Crippen LogP contribution in [0.15, 0.2) is 51.5 Å². The van der Waals surface area contributed by atoms with Crippen molar-refractivity contribution < 1.29 is 18.7 Å². The van der Waals surface area contributed by atoms with E-state index in [1.165, 1.54) is 13.0 Å². The number of cyclic esters (lactones) is 1. The van der Waals surface area contributed by atoms with Crippen LogP contribution in [0, 0.1) is 3.77 Å². The molecule has 0 saturated heterocycles. The van der Waals surface area contributed by atoms with Crippen LogP contribution in [0.5, 0.6) is 0 Å². The third-order valence-corrected chi connectivity index (χ3v) is 3.53. The normalized spacial score (nSPS) is 15.5. The van der Waals surface area contributed by atoms with Crippen LogP contribution in [0.4, 0.5) is 5.69 Å². The highest BCUT2D eigenvalue weighted by molar-refractivity contribution is 14.1. The van der Waals surface area contributed by atoms with Gasteiger partial charge in [0.05, 0.1) is 0 Å². The Kier molecular flexibility index (Phi) is 4.28. The molecule has 1 N–H and O–H groups in total. The predicted molar refractivity (Wildman–Crippen MR) is 92.8 cm³/mol. The number of halogens is 1. The van der Waals surface area contributed by atoms with Crippen LogP contribution >= 0.6 is 22.6 Å². The lowest BCUT2D eigenvalue weighted by molar-refractivity contribution is -0.130. The van der Waals surface area contributed by atoms with Crippen molar-refractivity contribution in [2.45, 2.75) is 6.92 Å². The second kappa shape index (κ2) is 6.37. The number of ether oxygens (including phenoxy) is 1. The van der Waals surface area contributed by atoms with Gasteiger partial charge in [-0.15, -0.1) is 0 Å². The summed E-state index contributed by atoms with van der Waals surface area (Å²) in [6, 6.07) is 10.4. The van der Waals surface area contributed by atoms with Crippen LogP contribution < -0.4 is 5.32 Å². The largest absolute Gasteiger partial charge is 0.451 e. The van der Waals surface area contributed by atoms with Crippen LogP contribution in [0.3, 0.4) is 0 Å². The molecule has 0 atom stereocenters. The number of furan rings is 1. The number of nitrogens with zero attached hydrogens (tertiary/aromatic N) is 1. The van der Waals surface area contributed by atoms with Gasteiger partial charge in [0.25, 0.3) is 0 Å². The van der Waals surface area contributed by atoms with Gasteiger partial charge in [0.2, 0.25) is 11.8 Å². The molecule has 0 aliphatic carbocycles. The second-order valence-corrected chi connectivity index (χ2v) is 5.80. The van der Waals surface area contributed by atoms with E-state index in [4.69, 9.17) is 9.15 Å². The Balaban J connectivity index is 1.83. The number of hydrogen-bond acceptors (Lipinski definition) is 5. The van der Waals surface area contributed by atoms with Crippen molar-refractivity contribution in [2.75, 3.05) is 5.32 Å². The lowest BCUT2D eigenvalue weighted by Gasteiger charge is -2.03. The van der Waals surface area contributed by atoms with Gasteiger partial charge in [-0.3, -0.25) is 4.79 Å². The van der Waals surface area contributed by atoms with E-state index in [0.29, 0.717) is 17.0 Å². The minimum Gasteiger partial charge on any atom is -0.451 e. The first-order valence-electron chi connectivity index (χ1n) is 6.67. The molecule has 0 bridgehead atoms. The molecule has 3 rings (SSSR count). The number of nitrogens with one attached hydrogen (secondary N) is 1. The minimum absolute atomic E-state index is 0.152. The third kappa shape index (κ3) is 3.67. The molecule has 1 aliphatic rings. The number of anilines is 1. The van der Waals surface area contributed by atoms with Crippen LogP contribution in [-0.4, -0.2) is 17.8 Å². The molecule has 6 nitrogen and oxygen atoms in total. The summed E-state index contributed by atoms with van der Waals surface area (Å²) in [5.74, 6) is 0.0715. The van der Waals surface area contributed by atoms with Crippen molar-refractivity contribution in [3.05, 3.63) is 57.2 Å². The Labute approximate surface area is 145 Å². The van der Waals surface area contributed by atoms with Gasteiger partial charge >= 0.3 is 5.97 Å². The summed E-state index contributed by atoms with van der Waals surface area (Å²) in [5.41, 5.74) is 1.48. The fourth-order valence-corrected chi connectivity index (χ4v) is 2.41. The maximum atomic E-state index is 11.9. The lowest BCUT2D eigenvalue weighted by atomic mass is 10.2. The monoisotopic (exact) mass is 422 g/mol. The Hall–Kier alpha value is -2.42. The van der Waals surface area contributed by atoms with E-state index in [-0.39, 0.29) is 17.5 Å². The second-order valence-electron chi connectivity index (χ2n) is 4.74. The van der Waals surface area contributed by atoms with Gasteiger partial charge in [-0.25, -0.2) is 9.79 Å². The highest BCUT2D eigenvalue weighted by atomic mass is 127. The molecule has 0 radical (unpaired) electrons. The summed E-state index contributed by atoms with van der Waals surface area (Å²) in [5, 5.41) is 2.66. The number of carbonyl (C=O) groups excluding carboxylic acids is 2. The van der Waals surface area contributed by atoms with E-state index in [1.54, 1.807) is 36.4 Å². The average molecular weight is 422 g/mol. The van der Waals surface area contributed by atoms with Crippen molar-refractivity contribution in [2.24, 2.45) is 4.99 Å². The molecule has 1 amide bonds. The molecule has 0 unspecified atom stereocenters. The number of carbonyl (C=O) groups is 2. The number of benzene rings is 1. The maximum Gasteiger partial charge on any atom is 0.363 e. The standard InChI is InChI=1S/C16H11IN2O4/c1-9(20)18-11-4-2-10(3-5-11)15-19-13(16(21)23-15)8-12-6-7-14(17)22-12/h2-8H,1H3,(H,18,20)/b13-8-. The number of rotatable bonds is 3. The van der Waals surface area contributed by atoms with Gasteiger partial charge < -0.3 is 14.5 Å². The van der Waals surface area contributed by atoms with E-state index in [2.05, 4.69) is 10.3 Å². The Morgan fingerprint density at radius 3 is 2.57 bits per heavy atom. The Morgan fingerprint density at radius 1 is 1.22 bits per heavy atom. The Bertz CT molecular complexity index is 834. The van der Waals surface area contributed by atoms with E-state index in [1.807, 2.05) is 22.6 Å². The quantitative estimate of drug-likeness (QED) is 0.468. The average Bonchev–Trinajstić information content (AvgIpc) is 3.06. The molecule has 1 aromatic heterocycles. The number of amides is 1. The SMILES string of the molecule is CC(=O)Nc1ccc(C2=N/C(=C\c3ccc(I)o3)C(=O)O2)cc1. The van der Waals surface area contributed by atoms with Crippen LogP contribution in [-0.2, 0) is 14.3 Å². The summed E-state index contributed by atoms with van der Waals surface area (Å²) in [4.78, 5) is 27.1. The van der Waals surface area contributed by atoms with E-state index < -0.39 is 5.97 Å². The van der Waals surface area contributed by atoms with Crippen molar-refractivity contribution in [1.82, 2.24) is 0 Å². The first kappa shape index (κ1) is 15.5. The lowest BCUT2D eigenvalue weighted by Crippen LogP contribution is -2.07. The number of hydrogen-bond donors (Lipinski definition) is 1. The molecule has 116 valence electrons. The topological polar surface area (TPSA) is 80.9 Å². The van der Waals surface area contributed by atoms with Gasteiger partial charge in [-0.05, 0) is 59.0 Å². The van der Waals surface area contributed by atoms with E-state index in [0.717, 1.165) is 3.77 Å². The minimum atomic E-state index is -0.530. The summed E-state index contributed by atoms with van der Waals surface area (Å²) in [7, 11) is 0. The molecule has 2 aromatic rings. The summed E-state index contributed by atoms with van der Waals surface area (Å²) in [6.45, 7) is 1.43. The van der Waals surface area contributed by atoms with Crippen LogP contribution in [0.25, 0.3) is 6.08 Å². The van der Waals surface area contributed by atoms with E-state index >= 15 is 0 Å². The van der Waals surface area contributed by atoms with Gasteiger partial charge in [0.15, 0.2) is 9.46 Å². The summed E-state index contributed by atoms with van der Waals surface area (Å²) < 4.78 is 11.3. The predicted octanol–water partition coefficient (Wildman–Crippen LogP) is 3.19. The number of aliphatic imine (C=N–C) groups is 1. The summed E-state index contributed by atoms with van der Waals surface area (Å²) >= 11 is 2.04. The fourth-order valence-electron chi connectivity index (χ4n) is 1.97. The molecule has 23 heavy (non-hydrogen) atoms. The molecule has 0 saturated carbocycles. The van der Waals surface area contributed by atoms with Crippen LogP contribution in [0.2, 0.25) is 0 Å². The zero-order chi connectivity index (χ0) is 16.4. The summed E-state index contributed by atoms with van der Waals surface area (Å²) in [6.07, 6.45) is 1.53. The maximum absolute atomic E-state index is 11.9. The fraction of sp³-hybridized carbons (Fsp3) is 0.0625. The van der Waals surface area contributed by atoms with Gasteiger partial charge in [-0.1, -0.05) is 0 Å². The highest BCUT2D eigenvalue weighted by Gasteiger charge is 2.24. The first-order chi connectivity index (χ1) is 11.0. The first-order valence-corrected chi connectivity index (χ1v) is 7.75. The molecular weight excluding hydrogens is 411 g/mol. The smallest absolute Gasteiger partial charge is 0.363 e. The molecule has 1 aromatic carbocycles. The van der Waals surface area contributed by atoms with Crippen molar-refractivity contribution >= 4 is 52.1 Å². The van der Waals surface area contributed by atoms with Crippen molar-refractivity contribution in [1.29, 1.82) is 0 Å². The zero-order valence-corrected chi connectivity index (χ0v) is 14.2. The zero-order valence-electron chi connectivity index (χ0n) is 12.0. The molecule has 0 fully saturated rings. The van der Waals surface area contributed by atoms with Gasteiger partial charge in [0, 0.05) is 24.3 Å². The van der Waals surface area contributed by atoms with E-state index in [9.17, 15) is 9.59 Å². The van der Waals surface area contributed by atoms with Crippen molar-refractivity contribution in [3.63, 3.8) is 0 Å². The molecule has 7 heteroatoms. The number of esters is 1. The van der Waals surface area contributed by atoms with Gasteiger partial charge in [-0.2, -0.15) is 0 Å². The molecule has 0 spiro atoms. The highest BCUT2D eigenvalue weighted by Crippen LogP contribution is 2.21. The molecule has 1 aliphatic heterocycles. The molecule has 2 heterocycles. The molecular formula is C16H11IN2O4. The van der Waals surface area contributed by atoms with Crippen molar-refractivity contribution in [3.8, 4) is 0 Å². The third-order valence-electron chi connectivity index (χ3n) is 2.95.